The lowest BCUT2D eigenvalue weighted by Crippen LogP contribution is -2.09. The minimum absolute atomic E-state index is 0.0373. The molecule has 0 fully saturated rings. The van der Waals surface area contributed by atoms with Crippen LogP contribution in [-0.2, 0) is 0 Å². The van der Waals surface area contributed by atoms with Gasteiger partial charge in [0.15, 0.2) is 11.6 Å². The molecule has 50 heavy (non-hydrogen) atoms. The van der Waals surface area contributed by atoms with E-state index in [1.807, 2.05) is 54.6 Å². The first-order valence-corrected chi connectivity index (χ1v) is 16.9. The second kappa shape index (κ2) is 11.5. The van der Waals surface area contributed by atoms with Crippen molar-refractivity contribution in [3.63, 3.8) is 0 Å². The molecule has 0 aliphatic heterocycles. The molecule has 3 aromatic heterocycles. The van der Waals surface area contributed by atoms with E-state index in [1.165, 1.54) is 11.1 Å². The first kappa shape index (κ1) is 28.4. The molecule has 10 rings (SSSR count). The molecule has 3 heterocycles. The van der Waals surface area contributed by atoms with Crippen molar-refractivity contribution in [2.24, 2.45) is 0 Å². The van der Waals surface area contributed by atoms with Crippen LogP contribution in [0.2, 0.25) is 0 Å². The van der Waals surface area contributed by atoms with Crippen LogP contribution in [0.5, 0.6) is 0 Å². The van der Waals surface area contributed by atoms with Gasteiger partial charge in [-0.1, -0.05) is 127 Å². The maximum Gasteiger partial charge on any atom is 0.164 e. The highest BCUT2D eigenvalue weighted by Gasteiger charge is 2.24. The quantitative estimate of drug-likeness (QED) is 0.187. The Labute approximate surface area is 287 Å². The van der Waals surface area contributed by atoms with E-state index >= 15 is 0 Å². The number of hydrogen-bond acceptors (Lipinski definition) is 5. The second-order valence-corrected chi connectivity index (χ2v) is 12.7. The number of furan rings is 2. The zero-order chi connectivity index (χ0) is 33.0. The number of aromatic nitrogens is 3. The number of nitrogens with zero attached hydrogens (tertiary/aromatic N) is 3. The van der Waals surface area contributed by atoms with Gasteiger partial charge in [-0.25, -0.2) is 15.0 Å². The third-order valence-electron chi connectivity index (χ3n) is 9.70. The van der Waals surface area contributed by atoms with Crippen molar-refractivity contribution in [2.45, 2.75) is 12.3 Å². The van der Waals surface area contributed by atoms with Gasteiger partial charge < -0.3 is 8.83 Å². The van der Waals surface area contributed by atoms with Gasteiger partial charge in [-0.15, -0.1) is 0 Å². The van der Waals surface area contributed by atoms with Crippen molar-refractivity contribution < 1.29 is 8.83 Å². The molecule has 0 radical (unpaired) electrons. The predicted molar refractivity (Wildman–Crippen MR) is 202 cm³/mol. The van der Waals surface area contributed by atoms with Gasteiger partial charge in [-0.3, -0.25) is 0 Å². The minimum Gasteiger partial charge on any atom is -0.456 e. The molecular formula is C45H29N3O2. The van der Waals surface area contributed by atoms with Gasteiger partial charge in [-0.2, -0.15) is 0 Å². The van der Waals surface area contributed by atoms with E-state index in [4.69, 9.17) is 23.8 Å². The lowest BCUT2D eigenvalue weighted by Gasteiger charge is -2.19. The van der Waals surface area contributed by atoms with E-state index in [2.05, 4.69) is 103 Å². The van der Waals surface area contributed by atoms with Crippen molar-refractivity contribution in [2.75, 3.05) is 0 Å². The van der Waals surface area contributed by atoms with Crippen molar-refractivity contribution >= 4 is 49.5 Å². The molecule has 0 bridgehead atoms. The smallest absolute Gasteiger partial charge is 0.164 e. The molecule has 1 aliphatic carbocycles. The van der Waals surface area contributed by atoms with Crippen molar-refractivity contribution in [3.8, 4) is 33.9 Å². The van der Waals surface area contributed by atoms with Crippen LogP contribution >= 0.6 is 0 Å². The molecule has 1 aliphatic rings. The Balaban J connectivity index is 1.18. The van der Waals surface area contributed by atoms with Crippen LogP contribution in [0.15, 0.2) is 167 Å². The van der Waals surface area contributed by atoms with Crippen LogP contribution in [0.1, 0.15) is 23.7 Å². The highest BCUT2D eigenvalue weighted by Crippen LogP contribution is 2.41. The van der Waals surface area contributed by atoms with Crippen LogP contribution < -0.4 is 0 Å². The lowest BCUT2D eigenvalue weighted by molar-refractivity contribution is 0.668. The summed E-state index contributed by atoms with van der Waals surface area (Å²) in [6.07, 6.45) is 7.29. The van der Waals surface area contributed by atoms with Crippen molar-refractivity contribution in [3.05, 3.63) is 169 Å². The van der Waals surface area contributed by atoms with E-state index in [9.17, 15) is 0 Å². The summed E-state index contributed by atoms with van der Waals surface area (Å²) in [5.74, 6) is 1.91. The number of rotatable bonds is 5. The van der Waals surface area contributed by atoms with E-state index in [0.29, 0.717) is 11.6 Å². The standard InChI is InChI=1S/C45H29N3O2/c1-3-12-28(13-4-1)30-16-9-17-32(26-30)43-46-44(35-19-10-22-38-41(35)33-18-7-8-21-37(33)49-38)48-45(47-43)36-20-11-23-39-42(36)34-25-24-31(27-40(34)50-39)29-14-5-2-6-15-29/h1-25,27,32H,26H2. The zero-order valence-electron chi connectivity index (χ0n) is 27.0. The number of benzene rings is 6. The van der Waals surface area contributed by atoms with Gasteiger partial charge in [0.25, 0.3) is 0 Å². The fraction of sp³-hybridized carbons (Fsp3) is 0.0444. The van der Waals surface area contributed by atoms with E-state index in [-0.39, 0.29) is 5.92 Å². The maximum absolute atomic E-state index is 6.49. The lowest BCUT2D eigenvalue weighted by atomic mass is 9.89. The van der Waals surface area contributed by atoms with Crippen LogP contribution in [0.4, 0.5) is 0 Å². The Morgan fingerprint density at radius 1 is 0.480 bits per heavy atom. The normalized spacial score (nSPS) is 14.6. The molecule has 1 unspecified atom stereocenters. The van der Waals surface area contributed by atoms with Gasteiger partial charge in [0.1, 0.15) is 28.2 Å². The third-order valence-corrected chi connectivity index (χ3v) is 9.70. The summed E-state index contributed by atoms with van der Waals surface area (Å²) in [6.45, 7) is 0. The van der Waals surface area contributed by atoms with Gasteiger partial charge >= 0.3 is 0 Å². The Kier molecular flexibility index (Phi) is 6.56. The summed E-state index contributed by atoms with van der Waals surface area (Å²) in [4.78, 5) is 15.7. The fourth-order valence-electron chi connectivity index (χ4n) is 7.30. The van der Waals surface area contributed by atoms with Gasteiger partial charge in [0, 0.05) is 38.6 Å². The van der Waals surface area contributed by atoms with Gasteiger partial charge in [-0.05, 0) is 59.0 Å². The molecule has 0 amide bonds. The molecule has 0 N–H and O–H groups in total. The van der Waals surface area contributed by atoms with Crippen LogP contribution in [0, 0.1) is 0 Å². The molecular weight excluding hydrogens is 615 g/mol. The number of allylic oxidation sites excluding steroid dienone is 4. The Hall–Kier alpha value is -6.59. The number of hydrogen-bond donors (Lipinski definition) is 0. The summed E-state index contributed by atoms with van der Waals surface area (Å²) in [7, 11) is 0. The zero-order valence-corrected chi connectivity index (χ0v) is 27.0. The first-order chi connectivity index (χ1) is 24.8. The summed E-state index contributed by atoms with van der Waals surface area (Å²) >= 11 is 0. The van der Waals surface area contributed by atoms with Crippen LogP contribution in [0.3, 0.4) is 0 Å². The molecule has 5 heteroatoms. The van der Waals surface area contributed by atoms with Crippen molar-refractivity contribution in [1.82, 2.24) is 15.0 Å². The van der Waals surface area contributed by atoms with E-state index < -0.39 is 0 Å². The van der Waals surface area contributed by atoms with Crippen molar-refractivity contribution in [1.29, 1.82) is 0 Å². The monoisotopic (exact) mass is 643 g/mol. The van der Waals surface area contributed by atoms with E-state index in [1.54, 1.807) is 0 Å². The van der Waals surface area contributed by atoms with Crippen LogP contribution in [0.25, 0.3) is 83.4 Å². The number of fused-ring (bicyclic) bond motifs is 6. The largest absolute Gasteiger partial charge is 0.456 e. The average molecular weight is 644 g/mol. The Morgan fingerprint density at radius 2 is 1.08 bits per heavy atom. The van der Waals surface area contributed by atoms with E-state index in [0.717, 1.165) is 78.4 Å². The molecule has 0 spiro atoms. The second-order valence-electron chi connectivity index (χ2n) is 12.7. The summed E-state index contributed by atoms with van der Waals surface area (Å²) in [6, 6.07) is 47.7. The van der Waals surface area contributed by atoms with Crippen LogP contribution in [-0.4, -0.2) is 15.0 Å². The summed E-state index contributed by atoms with van der Waals surface area (Å²) in [5.41, 5.74) is 9.78. The highest BCUT2D eigenvalue weighted by molar-refractivity contribution is 6.13. The molecule has 0 saturated heterocycles. The van der Waals surface area contributed by atoms with Gasteiger partial charge in [0.2, 0.25) is 0 Å². The average Bonchev–Trinajstić information content (AvgIpc) is 3.77. The third kappa shape index (κ3) is 4.74. The summed E-state index contributed by atoms with van der Waals surface area (Å²) in [5, 5.41) is 4.04. The molecule has 1 atom stereocenters. The Bertz CT molecular complexity index is 2790. The van der Waals surface area contributed by atoms with Gasteiger partial charge in [0.05, 0.1) is 0 Å². The SMILES string of the molecule is C1=CC(c2nc(-c3cccc4oc5ccccc5c34)nc(-c3cccc4oc5cc(-c6ccccc6)ccc5c34)n2)CC(c2ccccc2)=C1. The molecule has 9 aromatic rings. The number of para-hydroxylation sites is 1. The summed E-state index contributed by atoms with van der Waals surface area (Å²) < 4.78 is 12.8. The maximum atomic E-state index is 6.49. The fourth-order valence-corrected chi connectivity index (χ4v) is 7.30. The molecule has 5 nitrogen and oxygen atoms in total. The molecule has 6 aromatic carbocycles. The molecule has 0 saturated carbocycles. The predicted octanol–water partition coefficient (Wildman–Crippen LogP) is 11.8. The topological polar surface area (TPSA) is 65.0 Å². The molecule has 236 valence electrons. The highest BCUT2D eigenvalue weighted by atomic mass is 16.3. The Morgan fingerprint density at radius 3 is 1.80 bits per heavy atom. The minimum atomic E-state index is -0.0373. The first-order valence-electron chi connectivity index (χ1n) is 16.9.